The summed E-state index contributed by atoms with van der Waals surface area (Å²) in [5.41, 5.74) is 2.19. The molecule has 0 spiro atoms. The van der Waals surface area contributed by atoms with Crippen LogP contribution in [0.1, 0.15) is 19.4 Å². The predicted octanol–water partition coefficient (Wildman–Crippen LogP) is 2.49. The number of likely N-dealkylation sites (N-methyl/N-ethyl adjacent to an activating group) is 1. The van der Waals surface area contributed by atoms with Gasteiger partial charge in [-0.05, 0) is 31.5 Å². The number of fused-ring (bicyclic) bond motifs is 1. The van der Waals surface area contributed by atoms with E-state index in [1.54, 1.807) is 0 Å². The van der Waals surface area contributed by atoms with E-state index in [2.05, 4.69) is 32.9 Å². The Morgan fingerprint density at radius 1 is 1.25 bits per heavy atom. The third-order valence-corrected chi connectivity index (χ3v) is 4.14. The fourth-order valence-electron chi connectivity index (χ4n) is 2.13. The van der Waals surface area contributed by atoms with Gasteiger partial charge in [-0.3, -0.25) is 0 Å². The lowest BCUT2D eigenvalue weighted by molar-refractivity contribution is -0.916. The fraction of sp³-hybridized carbons (Fsp3) is 0.500. The molecule has 0 bridgehead atoms. The van der Waals surface area contributed by atoms with Crippen LogP contribution >= 0.6 is 0 Å². The molecule has 0 amide bonds. The molecule has 0 aliphatic heterocycles. The molecule has 1 unspecified atom stereocenters. The van der Waals surface area contributed by atoms with E-state index in [4.69, 9.17) is 4.74 Å². The van der Waals surface area contributed by atoms with Crippen LogP contribution in [0.15, 0.2) is 30.5 Å². The standard InChI is InChI=1S/C16H25N2O2/c1-12(2)18(3,4)10-16(19)20-11-13-6-5-7-15-14(13)8-9-17-15/h5-9,12,16-17,19H,10-11H2,1-4H3/q+1. The number of rotatable bonds is 6. The molecule has 1 aromatic carbocycles. The average molecular weight is 277 g/mol. The van der Waals surface area contributed by atoms with Gasteiger partial charge in [-0.2, -0.15) is 0 Å². The maximum atomic E-state index is 10.1. The number of aliphatic hydroxyl groups is 1. The molecule has 0 aliphatic carbocycles. The van der Waals surface area contributed by atoms with Gasteiger partial charge >= 0.3 is 0 Å². The molecular formula is C16H25N2O2+. The fourth-order valence-corrected chi connectivity index (χ4v) is 2.13. The first-order valence-corrected chi connectivity index (χ1v) is 7.07. The maximum Gasteiger partial charge on any atom is 0.205 e. The van der Waals surface area contributed by atoms with Crippen molar-refractivity contribution in [1.29, 1.82) is 0 Å². The van der Waals surface area contributed by atoms with Crippen LogP contribution in [0.4, 0.5) is 0 Å². The number of H-pyrrole nitrogens is 1. The summed E-state index contributed by atoms with van der Waals surface area (Å²) in [4.78, 5) is 3.18. The number of aromatic nitrogens is 1. The minimum atomic E-state index is -0.749. The average Bonchev–Trinajstić information content (AvgIpc) is 2.84. The Morgan fingerprint density at radius 2 is 2.00 bits per heavy atom. The molecule has 4 nitrogen and oxygen atoms in total. The molecule has 1 heterocycles. The highest BCUT2D eigenvalue weighted by molar-refractivity contribution is 5.82. The first-order chi connectivity index (χ1) is 9.40. The monoisotopic (exact) mass is 277 g/mol. The van der Waals surface area contributed by atoms with E-state index >= 15 is 0 Å². The SMILES string of the molecule is CC(C)[N+](C)(C)CC(O)OCc1cccc2[nH]ccc12. The molecule has 1 atom stereocenters. The second kappa shape index (κ2) is 5.95. The number of nitrogens with zero attached hydrogens (tertiary/aromatic N) is 1. The maximum absolute atomic E-state index is 10.1. The summed E-state index contributed by atoms with van der Waals surface area (Å²) in [5.74, 6) is 0. The van der Waals surface area contributed by atoms with Crippen LogP contribution in [0.25, 0.3) is 10.9 Å². The van der Waals surface area contributed by atoms with Gasteiger partial charge in [0.25, 0.3) is 0 Å². The van der Waals surface area contributed by atoms with E-state index < -0.39 is 6.29 Å². The van der Waals surface area contributed by atoms with Crippen molar-refractivity contribution in [2.24, 2.45) is 0 Å². The summed E-state index contributed by atoms with van der Waals surface area (Å²) in [5, 5.41) is 11.2. The molecular weight excluding hydrogens is 252 g/mol. The lowest BCUT2D eigenvalue weighted by atomic mass is 10.1. The summed E-state index contributed by atoms with van der Waals surface area (Å²) in [6, 6.07) is 8.55. The van der Waals surface area contributed by atoms with E-state index in [0.717, 1.165) is 20.9 Å². The Balaban J connectivity index is 1.97. The molecule has 0 saturated carbocycles. The molecule has 4 heteroatoms. The number of quaternary nitrogens is 1. The Hall–Kier alpha value is -1.36. The highest BCUT2D eigenvalue weighted by atomic mass is 16.6. The highest BCUT2D eigenvalue weighted by Gasteiger charge is 2.24. The number of hydrogen-bond acceptors (Lipinski definition) is 2. The van der Waals surface area contributed by atoms with Crippen molar-refractivity contribution >= 4 is 10.9 Å². The van der Waals surface area contributed by atoms with Crippen molar-refractivity contribution in [3.8, 4) is 0 Å². The van der Waals surface area contributed by atoms with Gasteiger partial charge in [0.05, 0.1) is 26.7 Å². The van der Waals surface area contributed by atoms with Gasteiger partial charge in [0.15, 0.2) is 0 Å². The zero-order valence-corrected chi connectivity index (χ0v) is 12.8. The van der Waals surface area contributed by atoms with Crippen molar-refractivity contribution in [3.05, 3.63) is 36.0 Å². The summed E-state index contributed by atoms with van der Waals surface area (Å²) in [6.45, 7) is 5.30. The summed E-state index contributed by atoms with van der Waals surface area (Å²) in [6.07, 6.45) is 1.17. The minimum Gasteiger partial charge on any atom is -0.364 e. The van der Waals surface area contributed by atoms with Crippen molar-refractivity contribution in [2.45, 2.75) is 32.8 Å². The second-order valence-electron chi connectivity index (χ2n) is 6.18. The Kier molecular flexibility index (Phi) is 4.48. The number of aliphatic hydroxyl groups excluding tert-OH is 1. The van der Waals surface area contributed by atoms with Crippen LogP contribution in [0.3, 0.4) is 0 Å². The van der Waals surface area contributed by atoms with Gasteiger partial charge in [-0.1, -0.05) is 12.1 Å². The molecule has 0 fully saturated rings. The molecule has 2 aromatic rings. The van der Waals surface area contributed by atoms with Crippen LogP contribution in [-0.4, -0.2) is 47.5 Å². The van der Waals surface area contributed by atoms with Gasteiger partial charge in [0.1, 0.15) is 6.54 Å². The molecule has 1 aromatic heterocycles. The zero-order valence-electron chi connectivity index (χ0n) is 12.8. The van der Waals surface area contributed by atoms with E-state index in [0.29, 0.717) is 19.2 Å². The summed E-state index contributed by atoms with van der Waals surface area (Å²) >= 11 is 0. The van der Waals surface area contributed by atoms with Crippen LogP contribution in [0, 0.1) is 0 Å². The lowest BCUT2D eigenvalue weighted by Crippen LogP contribution is -2.50. The van der Waals surface area contributed by atoms with Gasteiger partial charge in [-0.25, -0.2) is 0 Å². The first kappa shape index (κ1) is 15.0. The van der Waals surface area contributed by atoms with Crippen molar-refractivity contribution in [1.82, 2.24) is 4.98 Å². The van der Waals surface area contributed by atoms with Gasteiger partial charge < -0.3 is 19.3 Å². The van der Waals surface area contributed by atoms with Gasteiger partial charge in [0.2, 0.25) is 6.29 Å². The van der Waals surface area contributed by atoms with E-state index in [-0.39, 0.29) is 0 Å². The molecule has 0 radical (unpaired) electrons. The molecule has 2 N–H and O–H groups in total. The predicted molar refractivity (Wildman–Crippen MR) is 81.2 cm³/mol. The number of benzene rings is 1. The number of ether oxygens (including phenoxy) is 1. The highest BCUT2D eigenvalue weighted by Crippen LogP contribution is 2.19. The summed E-state index contributed by atoms with van der Waals surface area (Å²) in [7, 11) is 4.20. The smallest absolute Gasteiger partial charge is 0.205 e. The minimum absolute atomic E-state index is 0.425. The van der Waals surface area contributed by atoms with Crippen molar-refractivity contribution in [2.75, 3.05) is 20.6 Å². The normalized spacial score (nSPS) is 14.1. The van der Waals surface area contributed by atoms with Crippen LogP contribution in [0.2, 0.25) is 0 Å². The quantitative estimate of drug-likeness (QED) is 0.629. The van der Waals surface area contributed by atoms with E-state index in [1.165, 1.54) is 0 Å². The third-order valence-electron chi connectivity index (χ3n) is 4.14. The van der Waals surface area contributed by atoms with Crippen molar-refractivity contribution in [3.63, 3.8) is 0 Å². The number of nitrogens with one attached hydrogen (secondary N) is 1. The Bertz CT molecular complexity index is 560. The topological polar surface area (TPSA) is 45.2 Å². The molecule has 20 heavy (non-hydrogen) atoms. The van der Waals surface area contributed by atoms with Gasteiger partial charge in [-0.15, -0.1) is 0 Å². The zero-order chi connectivity index (χ0) is 14.8. The molecule has 0 aliphatic rings. The number of aromatic amines is 1. The Labute approximate surface area is 120 Å². The Morgan fingerprint density at radius 3 is 2.70 bits per heavy atom. The van der Waals surface area contributed by atoms with E-state index in [9.17, 15) is 5.11 Å². The number of hydrogen-bond donors (Lipinski definition) is 2. The van der Waals surface area contributed by atoms with Gasteiger partial charge in [0, 0.05) is 17.1 Å². The van der Waals surface area contributed by atoms with Crippen LogP contribution in [-0.2, 0) is 11.3 Å². The van der Waals surface area contributed by atoms with E-state index in [1.807, 2.05) is 30.5 Å². The lowest BCUT2D eigenvalue weighted by Gasteiger charge is -2.35. The third kappa shape index (κ3) is 3.39. The largest absolute Gasteiger partial charge is 0.364 e. The molecule has 2 rings (SSSR count). The van der Waals surface area contributed by atoms with Crippen molar-refractivity contribution < 1.29 is 14.3 Å². The molecule has 0 saturated heterocycles. The van der Waals surface area contributed by atoms with Crippen LogP contribution < -0.4 is 0 Å². The summed E-state index contributed by atoms with van der Waals surface area (Å²) < 4.78 is 6.35. The molecule has 110 valence electrons. The van der Waals surface area contributed by atoms with Crippen LogP contribution in [0.5, 0.6) is 0 Å². The second-order valence-corrected chi connectivity index (χ2v) is 6.18. The first-order valence-electron chi connectivity index (χ1n) is 7.07.